The zero-order chi connectivity index (χ0) is 23.2. The molecule has 0 saturated heterocycles. The third kappa shape index (κ3) is 7.27. The topological polar surface area (TPSA) is 72.9 Å². The first-order valence-corrected chi connectivity index (χ1v) is 11.0. The molecule has 12 heteroatoms. The lowest BCUT2D eigenvalue weighted by Gasteiger charge is -2.23. The average Bonchev–Trinajstić information content (AvgIpc) is 2.70. The molecule has 2 rings (SSSR count). The summed E-state index contributed by atoms with van der Waals surface area (Å²) >= 11 is 11.3. The van der Waals surface area contributed by atoms with Gasteiger partial charge in [0.25, 0.3) is 5.91 Å². The van der Waals surface area contributed by atoms with Gasteiger partial charge in [0.1, 0.15) is 10.6 Å². The van der Waals surface area contributed by atoms with Crippen LogP contribution in [0.3, 0.4) is 0 Å². The molecule has 0 unspecified atom stereocenters. The predicted molar refractivity (Wildman–Crippen MR) is 108 cm³/mol. The van der Waals surface area contributed by atoms with E-state index in [4.69, 9.17) is 32.1 Å². The maximum Gasteiger partial charge on any atom is 0.416 e. The van der Waals surface area contributed by atoms with Crippen LogP contribution in [-0.2, 0) is 32.4 Å². The molecule has 0 heterocycles. The molecule has 0 N–H and O–H groups in total. The summed E-state index contributed by atoms with van der Waals surface area (Å²) < 4.78 is 73.5. The van der Waals surface area contributed by atoms with E-state index in [1.165, 1.54) is 30.2 Å². The quantitative estimate of drug-likeness (QED) is 0.380. The fourth-order valence-corrected chi connectivity index (χ4v) is 3.77. The number of halogens is 5. The third-order valence-corrected chi connectivity index (χ3v) is 5.61. The maximum atomic E-state index is 12.9. The van der Waals surface area contributed by atoms with Crippen LogP contribution in [0.2, 0.25) is 0 Å². The standard InChI is InChI=1S/C19H18Cl2F3NO5S/c1-29-9-8-25(18(26)17(20)21)12-13-4-2-6-15(10-13)30-31(27,28)16-7-3-5-14(11-16)19(22,23)24/h2-7,10-11,17H,8-9,12H2,1H3. The Balaban J connectivity index is 2.24. The Kier molecular flexibility index (Phi) is 8.58. The third-order valence-electron chi connectivity index (χ3n) is 3.99. The number of hydrogen-bond acceptors (Lipinski definition) is 5. The molecule has 2 aromatic carbocycles. The van der Waals surface area contributed by atoms with Crippen molar-refractivity contribution in [3.05, 3.63) is 59.7 Å². The minimum Gasteiger partial charge on any atom is -0.383 e. The summed E-state index contributed by atoms with van der Waals surface area (Å²) in [6.45, 7) is 0.421. The molecule has 1 amide bonds. The molecule has 0 aromatic heterocycles. The highest BCUT2D eigenvalue weighted by molar-refractivity contribution is 7.87. The Morgan fingerprint density at radius 2 is 1.81 bits per heavy atom. The molecule has 0 atom stereocenters. The number of methoxy groups -OCH3 is 1. The molecule has 31 heavy (non-hydrogen) atoms. The lowest BCUT2D eigenvalue weighted by molar-refractivity contribution is -0.137. The number of alkyl halides is 5. The van der Waals surface area contributed by atoms with Crippen molar-refractivity contribution in [2.24, 2.45) is 0 Å². The van der Waals surface area contributed by atoms with E-state index in [-0.39, 0.29) is 25.4 Å². The molecular weight excluding hydrogens is 482 g/mol. The Morgan fingerprint density at radius 1 is 1.13 bits per heavy atom. The van der Waals surface area contributed by atoms with Crippen LogP contribution in [0.15, 0.2) is 53.4 Å². The molecule has 2 aromatic rings. The van der Waals surface area contributed by atoms with Gasteiger partial charge in [-0.15, -0.1) is 0 Å². The van der Waals surface area contributed by atoms with Crippen LogP contribution in [-0.4, -0.2) is 44.3 Å². The van der Waals surface area contributed by atoms with Gasteiger partial charge in [0.2, 0.25) is 0 Å². The molecule has 170 valence electrons. The molecule has 0 saturated carbocycles. The minimum atomic E-state index is -4.70. The first-order chi connectivity index (χ1) is 14.4. The maximum absolute atomic E-state index is 12.9. The van der Waals surface area contributed by atoms with E-state index in [9.17, 15) is 26.4 Å². The fourth-order valence-electron chi connectivity index (χ4n) is 2.53. The number of benzene rings is 2. The van der Waals surface area contributed by atoms with Crippen molar-refractivity contribution < 1.29 is 35.3 Å². The van der Waals surface area contributed by atoms with Gasteiger partial charge in [0, 0.05) is 20.2 Å². The van der Waals surface area contributed by atoms with Gasteiger partial charge in [0.15, 0.2) is 4.84 Å². The summed E-state index contributed by atoms with van der Waals surface area (Å²) in [5, 5.41) is 0. The Labute approximate surface area is 187 Å². The van der Waals surface area contributed by atoms with Crippen LogP contribution in [0.4, 0.5) is 13.2 Å². The predicted octanol–water partition coefficient (Wildman–Crippen LogP) is 4.25. The van der Waals surface area contributed by atoms with E-state index in [0.717, 1.165) is 18.2 Å². The highest BCUT2D eigenvalue weighted by Gasteiger charge is 2.32. The first kappa shape index (κ1) is 25.3. The molecule has 0 aliphatic heterocycles. The lowest BCUT2D eigenvalue weighted by Crippen LogP contribution is -2.36. The highest BCUT2D eigenvalue weighted by Crippen LogP contribution is 2.31. The molecule has 0 fully saturated rings. The summed E-state index contributed by atoms with van der Waals surface area (Å²) in [5.41, 5.74) is -0.634. The minimum absolute atomic E-state index is 0.0267. The fraction of sp³-hybridized carbons (Fsp3) is 0.316. The van der Waals surface area contributed by atoms with Gasteiger partial charge in [-0.1, -0.05) is 41.4 Å². The van der Waals surface area contributed by atoms with Crippen molar-refractivity contribution in [2.75, 3.05) is 20.3 Å². The highest BCUT2D eigenvalue weighted by atomic mass is 35.5. The van der Waals surface area contributed by atoms with Crippen LogP contribution >= 0.6 is 23.2 Å². The zero-order valence-electron chi connectivity index (χ0n) is 16.1. The molecule has 0 aliphatic carbocycles. The van der Waals surface area contributed by atoms with Gasteiger partial charge in [-0.05, 0) is 35.9 Å². The molecular formula is C19H18Cl2F3NO5S. The second-order valence-corrected chi connectivity index (χ2v) is 8.91. The van der Waals surface area contributed by atoms with Crippen molar-refractivity contribution >= 4 is 39.2 Å². The monoisotopic (exact) mass is 499 g/mol. The van der Waals surface area contributed by atoms with E-state index in [1.54, 1.807) is 6.07 Å². The van der Waals surface area contributed by atoms with Gasteiger partial charge < -0.3 is 13.8 Å². The number of carbonyl (C=O) groups excluding carboxylic acids is 1. The van der Waals surface area contributed by atoms with Crippen molar-refractivity contribution in [1.29, 1.82) is 0 Å². The summed E-state index contributed by atoms with van der Waals surface area (Å²) in [7, 11) is -3.08. The van der Waals surface area contributed by atoms with Crippen LogP contribution in [0.1, 0.15) is 11.1 Å². The van der Waals surface area contributed by atoms with Gasteiger partial charge in [0.05, 0.1) is 12.2 Å². The number of ether oxygens (including phenoxy) is 1. The number of rotatable bonds is 9. The second kappa shape index (κ2) is 10.5. The van der Waals surface area contributed by atoms with Gasteiger partial charge in [-0.3, -0.25) is 4.79 Å². The molecule has 6 nitrogen and oxygen atoms in total. The van der Waals surface area contributed by atoms with Gasteiger partial charge >= 0.3 is 16.3 Å². The van der Waals surface area contributed by atoms with Crippen LogP contribution in [0.25, 0.3) is 0 Å². The largest absolute Gasteiger partial charge is 0.416 e. The summed E-state index contributed by atoms with van der Waals surface area (Å²) in [6.07, 6.45) is -4.70. The second-order valence-electron chi connectivity index (χ2n) is 6.26. The molecule has 0 spiro atoms. The lowest BCUT2D eigenvalue weighted by atomic mass is 10.2. The average molecular weight is 500 g/mol. The smallest absolute Gasteiger partial charge is 0.383 e. The Morgan fingerprint density at radius 3 is 2.42 bits per heavy atom. The number of carbonyl (C=O) groups is 1. The normalized spacial score (nSPS) is 12.1. The van der Waals surface area contributed by atoms with E-state index in [0.29, 0.717) is 11.6 Å². The Bertz CT molecular complexity index is 1020. The van der Waals surface area contributed by atoms with Gasteiger partial charge in [-0.25, -0.2) is 0 Å². The van der Waals surface area contributed by atoms with Crippen molar-refractivity contribution in [1.82, 2.24) is 4.90 Å². The van der Waals surface area contributed by atoms with Gasteiger partial charge in [-0.2, -0.15) is 21.6 Å². The van der Waals surface area contributed by atoms with Crippen molar-refractivity contribution in [2.45, 2.75) is 22.5 Å². The number of amides is 1. The number of hydrogen-bond donors (Lipinski definition) is 0. The SMILES string of the molecule is COCCN(Cc1cccc(OS(=O)(=O)c2cccc(C(F)(F)F)c2)c1)C(=O)C(Cl)Cl. The van der Waals surface area contributed by atoms with Crippen molar-refractivity contribution in [3.63, 3.8) is 0 Å². The summed E-state index contributed by atoms with van der Waals surface area (Å²) in [5.74, 6) is -0.703. The van der Waals surface area contributed by atoms with E-state index in [1.807, 2.05) is 0 Å². The van der Waals surface area contributed by atoms with Crippen LogP contribution in [0.5, 0.6) is 5.75 Å². The molecule has 0 bridgehead atoms. The van der Waals surface area contributed by atoms with Crippen LogP contribution in [0, 0.1) is 0 Å². The van der Waals surface area contributed by atoms with E-state index in [2.05, 4.69) is 0 Å². The van der Waals surface area contributed by atoms with E-state index >= 15 is 0 Å². The molecule has 0 aliphatic rings. The summed E-state index contributed by atoms with van der Waals surface area (Å²) in [6, 6.07) is 8.97. The van der Waals surface area contributed by atoms with E-state index < -0.39 is 37.5 Å². The van der Waals surface area contributed by atoms with Crippen LogP contribution < -0.4 is 4.18 Å². The first-order valence-electron chi connectivity index (χ1n) is 8.70. The summed E-state index contributed by atoms with van der Waals surface area (Å²) in [4.78, 5) is 11.5. The number of nitrogens with zero attached hydrogens (tertiary/aromatic N) is 1. The van der Waals surface area contributed by atoms with Crippen molar-refractivity contribution in [3.8, 4) is 5.75 Å². The Hall–Kier alpha value is -2.01. The molecule has 0 radical (unpaired) electrons. The zero-order valence-corrected chi connectivity index (χ0v) is 18.4.